The van der Waals surface area contributed by atoms with Gasteiger partial charge < -0.3 is 20.3 Å². The molecule has 4 nitrogen and oxygen atoms in total. The van der Waals surface area contributed by atoms with Crippen LogP contribution < -0.4 is 10.5 Å². The Bertz CT molecular complexity index is 433. The van der Waals surface area contributed by atoms with Crippen LogP contribution in [-0.4, -0.2) is 56.7 Å². The first-order chi connectivity index (χ1) is 9.61. The van der Waals surface area contributed by atoms with Crippen molar-refractivity contribution < 1.29 is 9.13 Å². The predicted octanol–water partition coefficient (Wildman–Crippen LogP) is 1.47. The number of hydrogen-bond acceptors (Lipinski definition) is 4. The molecule has 0 amide bonds. The van der Waals surface area contributed by atoms with Crippen molar-refractivity contribution in [2.45, 2.75) is 12.5 Å². The largest absolute Gasteiger partial charge is 0.496 e. The van der Waals surface area contributed by atoms with Gasteiger partial charge in [-0.25, -0.2) is 4.39 Å². The number of ether oxygens (including phenoxy) is 1. The third kappa shape index (κ3) is 3.69. The van der Waals surface area contributed by atoms with Crippen molar-refractivity contribution in [3.05, 3.63) is 29.6 Å². The Hall–Kier alpha value is -1.17. The van der Waals surface area contributed by atoms with Gasteiger partial charge in [0.15, 0.2) is 0 Å². The number of methoxy groups -OCH3 is 1. The minimum absolute atomic E-state index is 0.282. The van der Waals surface area contributed by atoms with Crippen molar-refractivity contribution in [2.24, 2.45) is 5.73 Å². The van der Waals surface area contributed by atoms with Crippen LogP contribution in [0.3, 0.4) is 0 Å². The molecule has 1 saturated heterocycles. The van der Waals surface area contributed by atoms with Crippen LogP contribution >= 0.6 is 0 Å². The first kappa shape index (κ1) is 15.2. The molecule has 5 heteroatoms. The van der Waals surface area contributed by atoms with Gasteiger partial charge in [0.1, 0.15) is 11.6 Å². The molecule has 1 unspecified atom stereocenters. The van der Waals surface area contributed by atoms with Crippen molar-refractivity contribution in [1.82, 2.24) is 9.80 Å². The lowest BCUT2D eigenvalue weighted by Crippen LogP contribution is -2.45. The molecule has 0 spiro atoms. The first-order valence-corrected chi connectivity index (χ1v) is 7.10. The van der Waals surface area contributed by atoms with E-state index in [0.29, 0.717) is 11.3 Å². The van der Waals surface area contributed by atoms with Gasteiger partial charge in [-0.15, -0.1) is 0 Å². The highest BCUT2D eigenvalue weighted by Crippen LogP contribution is 2.28. The number of nitrogens with two attached hydrogens (primary N) is 1. The minimum atomic E-state index is -0.328. The highest BCUT2D eigenvalue weighted by Gasteiger charge is 2.19. The van der Waals surface area contributed by atoms with E-state index < -0.39 is 0 Å². The monoisotopic (exact) mass is 281 g/mol. The summed E-state index contributed by atoms with van der Waals surface area (Å²) < 4.78 is 19.1. The van der Waals surface area contributed by atoms with Gasteiger partial charge in [-0.1, -0.05) is 6.07 Å². The van der Waals surface area contributed by atoms with E-state index in [0.717, 1.165) is 39.1 Å². The molecule has 2 rings (SSSR count). The van der Waals surface area contributed by atoms with Crippen LogP contribution in [0.25, 0.3) is 0 Å². The van der Waals surface area contributed by atoms with Crippen molar-refractivity contribution in [3.63, 3.8) is 0 Å². The summed E-state index contributed by atoms with van der Waals surface area (Å²) in [6.07, 6.45) is 0.737. The fraction of sp³-hybridized carbons (Fsp3) is 0.600. The smallest absolute Gasteiger partial charge is 0.131 e. The Balaban J connectivity index is 1.93. The SMILES string of the molecule is COc1cccc(F)c1C(N)CCN1CCN(C)CC1. The molecule has 0 aliphatic carbocycles. The molecular formula is C15H24FN3O. The summed E-state index contributed by atoms with van der Waals surface area (Å²) in [5.74, 6) is 0.256. The molecule has 0 aromatic heterocycles. The van der Waals surface area contributed by atoms with Crippen molar-refractivity contribution in [3.8, 4) is 5.75 Å². The molecule has 0 saturated carbocycles. The topological polar surface area (TPSA) is 41.7 Å². The molecule has 1 aromatic carbocycles. The van der Waals surface area contributed by atoms with E-state index in [4.69, 9.17) is 10.5 Å². The van der Waals surface area contributed by atoms with Crippen LogP contribution in [0, 0.1) is 5.82 Å². The fourth-order valence-corrected chi connectivity index (χ4v) is 2.59. The summed E-state index contributed by atoms with van der Waals surface area (Å²) >= 11 is 0. The zero-order chi connectivity index (χ0) is 14.5. The zero-order valence-electron chi connectivity index (χ0n) is 12.3. The lowest BCUT2D eigenvalue weighted by atomic mass is 10.0. The van der Waals surface area contributed by atoms with Crippen molar-refractivity contribution >= 4 is 0 Å². The molecule has 1 atom stereocenters. The minimum Gasteiger partial charge on any atom is -0.496 e. The number of benzene rings is 1. The maximum Gasteiger partial charge on any atom is 0.131 e. The van der Waals surface area contributed by atoms with E-state index in [1.54, 1.807) is 19.2 Å². The summed E-state index contributed by atoms with van der Waals surface area (Å²) in [7, 11) is 3.68. The van der Waals surface area contributed by atoms with Gasteiger partial charge in [0.2, 0.25) is 0 Å². The van der Waals surface area contributed by atoms with E-state index in [-0.39, 0.29) is 11.9 Å². The number of likely N-dealkylation sites (N-methyl/N-ethyl adjacent to an activating group) is 1. The van der Waals surface area contributed by atoms with E-state index in [9.17, 15) is 4.39 Å². The zero-order valence-corrected chi connectivity index (χ0v) is 12.3. The van der Waals surface area contributed by atoms with Crippen LogP contribution in [0.5, 0.6) is 5.75 Å². The molecule has 1 aromatic rings. The van der Waals surface area contributed by atoms with Gasteiger partial charge in [-0.05, 0) is 25.6 Å². The highest BCUT2D eigenvalue weighted by atomic mass is 19.1. The predicted molar refractivity (Wildman–Crippen MR) is 78.4 cm³/mol. The van der Waals surface area contributed by atoms with Gasteiger partial charge in [0.05, 0.1) is 7.11 Å². The normalized spacial score (nSPS) is 19.0. The Morgan fingerprint density at radius 2 is 2.00 bits per heavy atom. The summed E-state index contributed by atoms with van der Waals surface area (Å²) in [5.41, 5.74) is 6.65. The van der Waals surface area contributed by atoms with E-state index in [1.807, 2.05) is 0 Å². The third-order valence-electron chi connectivity index (χ3n) is 3.96. The Labute approximate surface area is 120 Å². The molecule has 2 N–H and O–H groups in total. The Kier molecular flexibility index (Phi) is 5.34. The van der Waals surface area contributed by atoms with Gasteiger partial charge in [0.25, 0.3) is 0 Å². The summed E-state index contributed by atoms with van der Waals surface area (Å²) in [6.45, 7) is 5.16. The fourth-order valence-electron chi connectivity index (χ4n) is 2.59. The molecule has 1 aliphatic rings. The molecule has 0 radical (unpaired) electrons. The average Bonchev–Trinajstić information content (AvgIpc) is 2.46. The van der Waals surface area contributed by atoms with Crippen molar-refractivity contribution in [1.29, 1.82) is 0 Å². The third-order valence-corrected chi connectivity index (χ3v) is 3.96. The molecule has 20 heavy (non-hydrogen) atoms. The first-order valence-electron chi connectivity index (χ1n) is 7.10. The van der Waals surface area contributed by atoms with Gasteiger partial charge in [-0.3, -0.25) is 0 Å². The number of halogens is 1. The molecule has 112 valence electrons. The van der Waals surface area contributed by atoms with Crippen molar-refractivity contribution in [2.75, 3.05) is 46.9 Å². The maximum absolute atomic E-state index is 13.9. The van der Waals surface area contributed by atoms with Gasteiger partial charge >= 0.3 is 0 Å². The van der Waals surface area contributed by atoms with Crippen LogP contribution in [0.2, 0.25) is 0 Å². The summed E-state index contributed by atoms with van der Waals surface area (Å²) in [6, 6.07) is 4.51. The average molecular weight is 281 g/mol. The van der Waals surface area contributed by atoms with Crippen LogP contribution in [0.1, 0.15) is 18.0 Å². The van der Waals surface area contributed by atoms with E-state index >= 15 is 0 Å². The maximum atomic E-state index is 13.9. The van der Waals surface area contributed by atoms with Gasteiger partial charge in [0, 0.05) is 44.3 Å². The number of hydrogen-bond donors (Lipinski definition) is 1. The summed E-state index contributed by atoms with van der Waals surface area (Å²) in [4.78, 5) is 4.70. The lowest BCUT2D eigenvalue weighted by Gasteiger charge is -2.33. The van der Waals surface area contributed by atoms with Crippen LogP contribution in [0.15, 0.2) is 18.2 Å². The van der Waals surface area contributed by atoms with Crippen LogP contribution in [-0.2, 0) is 0 Å². The summed E-state index contributed by atoms with van der Waals surface area (Å²) in [5, 5.41) is 0. The Morgan fingerprint density at radius 1 is 1.30 bits per heavy atom. The second-order valence-electron chi connectivity index (χ2n) is 5.40. The highest BCUT2D eigenvalue weighted by molar-refractivity contribution is 5.37. The molecule has 1 fully saturated rings. The quantitative estimate of drug-likeness (QED) is 0.887. The lowest BCUT2D eigenvalue weighted by molar-refractivity contribution is 0.150. The second-order valence-corrected chi connectivity index (χ2v) is 5.40. The molecule has 1 aliphatic heterocycles. The molecule has 0 bridgehead atoms. The standard InChI is InChI=1S/C15H24FN3O/c1-18-8-10-19(11-9-18)7-6-13(17)15-12(16)4-3-5-14(15)20-2/h3-5,13H,6-11,17H2,1-2H3. The number of piperazine rings is 1. The van der Waals surface area contributed by atoms with Crippen LogP contribution in [0.4, 0.5) is 4.39 Å². The van der Waals surface area contributed by atoms with E-state index in [1.165, 1.54) is 6.07 Å². The number of nitrogens with zero attached hydrogens (tertiary/aromatic N) is 2. The second kappa shape index (κ2) is 7.02. The Morgan fingerprint density at radius 3 is 2.65 bits per heavy atom. The number of rotatable bonds is 5. The molecular weight excluding hydrogens is 257 g/mol. The van der Waals surface area contributed by atoms with Gasteiger partial charge in [-0.2, -0.15) is 0 Å². The molecule has 1 heterocycles. The van der Waals surface area contributed by atoms with E-state index in [2.05, 4.69) is 16.8 Å².